The molecule has 2 atom stereocenters. The molecule has 0 radical (unpaired) electrons. The van der Waals surface area contributed by atoms with Crippen LogP contribution < -0.4 is 9.47 Å². The van der Waals surface area contributed by atoms with Crippen LogP contribution in [0.2, 0.25) is 0 Å². The molecule has 4 aromatic rings. The van der Waals surface area contributed by atoms with Gasteiger partial charge in [-0.2, -0.15) is 0 Å². The minimum absolute atomic E-state index is 0.0555. The van der Waals surface area contributed by atoms with E-state index >= 15 is 0 Å². The zero-order valence-electron chi connectivity index (χ0n) is 20.1. The van der Waals surface area contributed by atoms with Crippen LogP contribution in [0.1, 0.15) is 50.9 Å². The summed E-state index contributed by atoms with van der Waals surface area (Å²) >= 11 is 0. The number of hydrogen-bond donors (Lipinski definition) is 0. The van der Waals surface area contributed by atoms with E-state index in [1.54, 1.807) is 14.2 Å². The molecule has 2 unspecified atom stereocenters. The lowest BCUT2D eigenvalue weighted by atomic mass is 9.76. The SMILES string of the molecule is COc1ccc(C2=NC(c3ccc(C)cc3)C(c3ccc(C)cc3)c3cc(OC)ccc32)cc1. The van der Waals surface area contributed by atoms with Gasteiger partial charge in [-0.3, -0.25) is 4.99 Å². The number of aliphatic imine (C=N–C) groups is 1. The molecule has 0 fully saturated rings. The Balaban J connectivity index is 1.75. The van der Waals surface area contributed by atoms with E-state index in [9.17, 15) is 0 Å². The molecule has 0 saturated heterocycles. The van der Waals surface area contributed by atoms with Crippen LogP contribution in [0, 0.1) is 13.8 Å². The molecule has 0 aromatic heterocycles. The van der Waals surface area contributed by atoms with E-state index in [4.69, 9.17) is 14.5 Å². The van der Waals surface area contributed by atoms with Crippen LogP contribution in [0.25, 0.3) is 0 Å². The molecule has 0 saturated carbocycles. The van der Waals surface area contributed by atoms with Crippen molar-refractivity contribution in [3.63, 3.8) is 0 Å². The summed E-state index contributed by atoms with van der Waals surface area (Å²) in [6, 6.07) is 32.1. The molecule has 5 rings (SSSR count). The Morgan fingerprint density at radius 2 is 1.18 bits per heavy atom. The third kappa shape index (κ3) is 4.10. The monoisotopic (exact) mass is 447 g/mol. The highest BCUT2D eigenvalue weighted by molar-refractivity contribution is 6.14. The Kier molecular flexibility index (Phi) is 5.93. The van der Waals surface area contributed by atoms with Crippen LogP contribution in [0.15, 0.2) is 96.0 Å². The lowest BCUT2D eigenvalue weighted by molar-refractivity contribution is 0.413. The third-order valence-corrected chi connectivity index (χ3v) is 6.65. The summed E-state index contributed by atoms with van der Waals surface area (Å²) in [6.07, 6.45) is 0. The summed E-state index contributed by atoms with van der Waals surface area (Å²) in [7, 11) is 3.41. The van der Waals surface area contributed by atoms with Gasteiger partial charge in [0.1, 0.15) is 11.5 Å². The fourth-order valence-corrected chi connectivity index (χ4v) is 4.74. The maximum atomic E-state index is 5.66. The van der Waals surface area contributed by atoms with Crippen LogP contribution >= 0.6 is 0 Å². The summed E-state index contributed by atoms with van der Waals surface area (Å²) < 4.78 is 11.0. The first-order valence-corrected chi connectivity index (χ1v) is 11.6. The summed E-state index contributed by atoms with van der Waals surface area (Å²) in [5.74, 6) is 1.77. The molecule has 4 aromatic carbocycles. The molecule has 0 aliphatic carbocycles. The summed E-state index contributed by atoms with van der Waals surface area (Å²) in [4.78, 5) is 5.42. The minimum Gasteiger partial charge on any atom is -0.497 e. The number of methoxy groups -OCH3 is 2. The van der Waals surface area contributed by atoms with Crippen LogP contribution in [0.4, 0.5) is 0 Å². The number of rotatable bonds is 5. The lowest BCUT2D eigenvalue weighted by Crippen LogP contribution is -2.23. The first-order valence-electron chi connectivity index (χ1n) is 11.6. The van der Waals surface area contributed by atoms with Crippen LogP contribution in [0.5, 0.6) is 11.5 Å². The second-order valence-corrected chi connectivity index (χ2v) is 8.90. The highest BCUT2D eigenvalue weighted by Crippen LogP contribution is 2.46. The van der Waals surface area contributed by atoms with E-state index in [0.717, 1.165) is 28.3 Å². The molecule has 34 heavy (non-hydrogen) atoms. The number of ether oxygens (including phenoxy) is 2. The minimum atomic E-state index is -0.0555. The van der Waals surface area contributed by atoms with Crippen molar-refractivity contribution in [2.75, 3.05) is 14.2 Å². The molecule has 1 aliphatic rings. The standard InChI is InChI=1S/C31H29NO2/c1-20-5-9-22(10-6-20)29-28-19-26(34-4)17-18-27(28)30(23-13-15-25(33-3)16-14-23)32-31(29)24-11-7-21(2)8-12-24/h5-19,29,31H,1-4H3. The van der Waals surface area contributed by atoms with Gasteiger partial charge in [0.05, 0.1) is 26.0 Å². The Morgan fingerprint density at radius 1 is 0.618 bits per heavy atom. The van der Waals surface area contributed by atoms with Crippen molar-refractivity contribution in [2.24, 2.45) is 4.99 Å². The van der Waals surface area contributed by atoms with E-state index < -0.39 is 0 Å². The van der Waals surface area contributed by atoms with Gasteiger partial charge in [-0.05, 0) is 73.0 Å². The number of benzene rings is 4. The fourth-order valence-electron chi connectivity index (χ4n) is 4.74. The maximum Gasteiger partial charge on any atom is 0.119 e. The molecule has 0 amide bonds. The number of nitrogens with zero attached hydrogens (tertiary/aromatic N) is 1. The summed E-state index contributed by atoms with van der Waals surface area (Å²) in [6.45, 7) is 4.24. The predicted octanol–water partition coefficient (Wildman–Crippen LogP) is 7.04. The second kappa shape index (κ2) is 9.18. The van der Waals surface area contributed by atoms with Gasteiger partial charge in [-0.25, -0.2) is 0 Å². The van der Waals surface area contributed by atoms with E-state index in [1.165, 1.54) is 27.8 Å². The van der Waals surface area contributed by atoms with Crippen LogP contribution in [-0.2, 0) is 0 Å². The molecule has 0 N–H and O–H groups in total. The number of fused-ring (bicyclic) bond motifs is 1. The average Bonchev–Trinajstić information content (AvgIpc) is 2.88. The third-order valence-electron chi connectivity index (χ3n) is 6.65. The van der Waals surface area contributed by atoms with E-state index in [1.807, 2.05) is 18.2 Å². The fraction of sp³-hybridized carbons (Fsp3) is 0.194. The first-order chi connectivity index (χ1) is 16.6. The number of aryl methyl sites for hydroxylation is 2. The highest BCUT2D eigenvalue weighted by atomic mass is 16.5. The van der Waals surface area contributed by atoms with Crippen molar-refractivity contribution < 1.29 is 9.47 Å². The zero-order chi connectivity index (χ0) is 23.7. The van der Waals surface area contributed by atoms with Crippen LogP contribution in [-0.4, -0.2) is 19.9 Å². The average molecular weight is 448 g/mol. The molecule has 3 heteroatoms. The van der Waals surface area contributed by atoms with Gasteiger partial charge in [0.25, 0.3) is 0 Å². The van der Waals surface area contributed by atoms with Crippen molar-refractivity contribution in [1.82, 2.24) is 0 Å². The van der Waals surface area contributed by atoms with Gasteiger partial charge in [-0.15, -0.1) is 0 Å². The van der Waals surface area contributed by atoms with E-state index in [0.29, 0.717) is 0 Å². The molecule has 1 aliphatic heterocycles. The summed E-state index contributed by atoms with van der Waals surface area (Å²) in [5.41, 5.74) is 9.39. The predicted molar refractivity (Wildman–Crippen MR) is 139 cm³/mol. The maximum absolute atomic E-state index is 5.66. The largest absolute Gasteiger partial charge is 0.497 e. The zero-order valence-corrected chi connectivity index (χ0v) is 20.1. The topological polar surface area (TPSA) is 30.8 Å². The molecular weight excluding hydrogens is 418 g/mol. The molecule has 0 spiro atoms. The van der Waals surface area contributed by atoms with Crippen molar-refractivity contribution in [2.45, 2.75) is 25.8 Å². The van der Waals surface area contributed by atoms with Gasteiger partial charge in [-0.1, -0.05) is 59.7 Å². The van der Waals surface area contributed by atoms with Gasteiger partial charge in [0.15, 0.2) is 0 Å². The smallest absolute Gasteiger partial charge is 0.119 e. The van der Waals surface area contributed by atoms with E-state index in [2.05, 4.69) is 86.6 Å². The molecule has 170 valence electrons. The Labute approximate surface area is 201 Å². The van der Waals surface area contributed by atoms with Crippen molar-refractivity contribution >= 4 is 5.71 Å². The van der Waals surface area contributed by atoms with Crippen molar-refractivity contribution in [3.8, 4) is 11.5 Å². The van der Waals surface area contributed by atoms with Gasteiger partial charge in [0, 0.05) is 17.0 Å². The van der Waals surface area contributed by atoms with Gasteiger partial charge in [0.2, 0.25) is 0 Å². The summed E-state index contributed by atoms with van der Waals surface area (Å²) in [5, 5.41) is 0. The quantitative estimate of drug-likeness (QED) is 0.328. The highest BCUT2D eigenvalue weighted by Gasteiger charge is 2.34. The Morgan fingerprint density at radius 3 is 1.76 bits per heavy atom. The molecular formula is C31H29NO2. The van der Waals surface area contributed by atoms with Gasteiger partial charge < -0.3 is 9.47 Å². The normalized spacial score (nSPS) is 17.0. The Bertz CT molecular complexity index is 1320. The molecule has 1 heterocycles. The van der Waals surface area contributed by atoms with Crippen molar-refractivity contribution in [1.29, 1.82) is 0 Å². The Hall–Kier alpha value is -3.85. The van der Waals surface area contributed by atoms with Crippen molar-refractivity contribution in [3.05, 3.63) is 130 Å². The van der Waals surface area contributed by atoms with Crippen LogP contribution in [0.3, 0.4) is 0 Å². The molecule has 0 bridgehead atoms. The second-order valence-electron chi connectivity index (χ2n) is 8.90. The number of hydrogen-bond acceptors (Lipinski definition) is 3. The lowest BCUT2D eigenvalue weighted by Gasteiger charge is -2.33. The van der Waals surface area contributed by atoms with E-state index in [-0.39, 0.29) is 12.0 Å². The molecule has 3 nitrogen and oxygen atoms in total. The first kappa shape index (κ1) is 22.0. The van der Waals surface area contributed by atoms with Gasteiger partial charge >= 0.3 is 0 Å².